The molecule has 2 rings (SSSR count). The Morgan fingerprint density at radius 3 is 2.75 bits per heavy atom. The van der Waals surface area contributed by atoms with E-state index in [1.54, 1.807) is 13.0 Å². The van der Waals surface area contributed by atoms with Crippen molar-refractivity contribution in [1.29, 1.82) is 0 Å². The lowest BCUT2D eigenvalue weighted by molar-refractivity contribution is -0.385. The second kappa shape index (κ2) is 6.00. The average molecular weight is 336 g/mol. The molecule has 1 N–H and O–H groups in total. The van der Waals surface area contributed by atoms with E-state index in [2.05, 4.69) is 26.2 Å². The highest BCUT2D eigenvalue weighted by Crippen LogP contribution is 2.24. The topological polar surface area (TPSA) is 68.1 Å². The van der Waals surface area contributed by atoms with E-state index in [9.17, 15) is 10.1 Å². The number of benzene rings is 1. The zero-order valence-electron chi connectivity index (χ0n) is 11.1. The molecule has 0 aliphatic heterocycles. The first-order valence-electron chi connectivity index (χ1n) is 6.10. The molecule has 20 heavy (non-hydrogen) atoms. The van der Waals surface area contributed by atoms with Gasteiger partial charge in [0.2, 0.25) is 0 Å². The van der Waals surface area contributed by atoms with Crippen molar-refractivity contribution in [3.8, 4) is 0 Å². The van der Waals surface area contributed by atoms with Gasteiger partial charge in [-0.3, -0.25) is 10.1 Å². The molecule has 0 aliphatic rings. The fourth-order valence-corrected chi connectivity index (χ4v) is 2.32. The molecule has 1 unspecified atom stereocenters. The van der Waals surface area contributed by atoms with Gasteiger partial charge in [-0.15, -0.1) is 0 Å². The van der Waals surface area contributed by atoms with Crippen molar-refractivity contribution in [3.63, 3.8) is 0 Å². The Morgan fingerprint density at radius 1 is 1.40 bits per heavy atom. The number of rotatable bonds is 4. The number of anilines is 1. The summed E-state index contributed by atoms with van der Waals surface area (Å²) in [7, 11) is 0. The van der Waals surface area contributed by atoms with Gasteiger partial charge in [0.15, 0.2) is 0 Å². The molecule has 1 atom stereocenters. The van der Waals surface area contributed by atoms with Gasteiger partial charge in [-0.1, -0.05) is 28.1 Å². The number of hydrogen-bond donors (Lipinski definition) is 1. The minimum atomic E-state index is -0.427. The molecule has 1 heterocycles. The Balaban J connectivity index is 2.18. The summed E-state index contributed by atoms with van der Waals surface area (Å²) in [5.41, 5.74) is 1.73. The zero-order chi connectivity index (χ0) is 14.7. The van der Waals surface area contributed by atoms with Gasteiger partial charge < -0.3 is 5.32 Å². The fraction of sp³-hybridized carbons (Fsp3) is 0.214. The van der Waals surface area contributed by atoms with Crippen molar-refractivity contribution in [2.75, 3.05) is 5.32 Å². The fourth-order valence-electron chi connectivity index (χ4n) is 1.90. The van der Waals surface area contributed by atoms with E-state index >= 15 is 0 Å². The summed E-state index contributed by atoms with van der Waals surface area (Å²) in [5.74, 6) is 0.626. The van der Waals surface area contributed by atoms with E-state index in [0.717, 1.165) is 10.0 Å². The van der Waals surface area contributed by atoms with Crippen LogP contribution in [-0.2, 0) is 0 Å². The van der Waals surface area contributed by atoms with Crippen LogP contribution in [0.25, 0.3) is 0 Å². The second-order valence-corrected chi connectivity index (χ2v) is 5.45. The zero-order valence-corrected chi connectivity index (χ0v) is 12.7. The Hall–Kier alpha value is -1.95. The summed E-state index contributed by atoms with van der Waals surface area (Å²) < 4.78 is 1.01. The lowest BCUT2D eigenvalue weighted by Gasteiger charge is -2.15. The minimum Gasteiger partial charge on any atom is -0.364 e. The van der Waals surface area contributed by atoms with Gasteiger partial charge in [-0.25, -0.2) is 4.98 Å². The molecular formula is C14H14BrN3O2. The summed E-state index contributed by atoms with van der Waals surface area (Å²) in [6.45, 7) is 3.72. The lowest BCUT2D eigenvalue weighted by Crippen LogP contribution is -2.08. The van der Waals surface area contributed by atoms with Crippen LogP contribution in [-0.4, -0.2) is 9.91 Å². The van der Waals surface area contributed by atoms with Crippen LogP contribution >= 0.6 is 15.9 Å². The molecule has 0 bridgehead atoms. The van der Waals surface area contributed by atoms with Gasteiger partial charge >= 0.3 is 0 Å². The van der Waals surface area contributed by atoms with Crippen molar-refractivity contribution >= 4 is 27.4 Å². The maximum Gasteiger partial charge on any atom is 0.290 e. The summed E-state index contributed by atoms with van der Waals surface area (Å²) in [4.78, 5) is 14.4. The summed E-state index contributed by atoms with van der Waals surface area (Å²) >= 11 is 3.43. The van der Waals surface area contributed by atoms with Crippen molar-refractivity contribution in [2.24, 2.45) is 0 Å². The smallest absolute Gasteiger partial charge is 0.290 e. The van der Waals surface area contributed by atoms with Gasteiger partial charge in [0.1, 0.15) is 12.0 Å². The molecule has 2 aromatic rings. The number of halogens is 1. The predicted octanol–water partition coefficient (Wildman–Crippen LogP) is 4.23. The molecule has 0 spiro atoms. The maximum absolute atomic E-state index is 10.8. The van der Waals surface area contributed by atoms with Gasteiger partial charge in [-0.05, 0) is 37.6 Å². The minimum absolute atomic E-state index is 0.0330. The maximum atomic E-state index is 10.8. The van der Waals surface area contributed by atoms with Gasteiger partial charge in [0, 0.05) is 16.1 Å². The van der Waals surface area contributed by atoms with Gasteiger partial charge in [0.05, 0.1) is 4.92 Å². The second-order valence-electron chi connectivity index (χ2n) is 4.53. The average Bonchev–Trinajstić information content (AvgIpc) is 2.38. The highest BCUT2D eigenvalue weighted by molar-refractivity contribution is 9.10. The molecule has 0 amide bonds. The van der Waals surface area contributed by atoms with Crippen LogP contribution in [0.4, 0.5) is 11.5 Å². The van der Waals surface area contributed by atoms with Gasteiger partial charge in [-0.2, -0.15) is 0 Å². The molecule has 1 aromatic carbocycles. The molecule has 104 valence electrons. The number of nitrogens with one attached hydrogen (secondary N) is 1. The molecule has 0 fully saturated rings. The molecular weight excluding hydrogens is 322 g/mol. The molecule has 0 saturated carbocycles. The summed E-state index contributed by atoms with van der Waals surface area (Å²) in [6.07, 6.45) is 1.28. The largest absolute Gasteiger partial charge is 0.364 e. The highest BCUT2D eigenvalue weighted by atomic mass is 79.9. The lowest BCUT2D eigenvalue weighted by atomic mass is 10.1. The van der Waals surface area contributed by atoms with E-state index in [4.69, 9.17) is 0 Å². The Labute approximate surface area is 125 Å². The van der Waals surface area contributed by atoms with Crippen molar-refractivity contribution in [3.05, 3.63) is 62.2 Å². The number of aryl methyl sites for hydroxylation is 1. The van der Waals surface area contributed by atoms with Crippen molar-refractivity contribution < 1.29 is 4.92 Å². The number of hydrogen-bond acceptors (Lipinski definition) is 4. The predicted molar refractivity (Wildman–Crippen MR) is 81.8 cm³/mol. The Bertz CT molecular complexity index is 646. The van der Waals surface area contributed by atoms with Crippen molar-refractivity contribution in [1.82, 2.24) is 4.98 Å². The van der Waals surface area contributed by atoms with E-state index in [-0.39, 0.29) is 11.7 Å². The first-order valence-corrected chi connectivity index (χ1v) is 6.89. The third-order valence-electron chi connectivity index (χ3n) is 2.99. The standard InChI is InChI=1S/C14H14BrN3O2/c1-9-6-14(16-8-13(9)18(19)20)17-10(2)11-4-3-5-12(15)7-11/h3-8,10H,1-2H3,(H,16,17). The van der Waals surface area contributed by atoms with Crippen LogP contribution in [0, 0.1) is 17.0 Å². The number of pyridine rings is 1. The van der Waals surface area contributed by atoms with Crippen LogP contribution in [0.2, 0.25) is 0 Å². The first kappa shape index (κ1) is 14.5. The van der Waals surface area contributed by atoms with Crippen LogP contribution in [0.5, 0.6) is 0 Å². The molecule has 0 aliphatic carbocycles. The SMILES string of the molecule is Cc1cc(NC(C)c2cccc(Br)c2)ncc1[N+](=O)[O-]. The van der Waals surface area contributed by atoms with E-state index in [1.807, 2.05) is 31.2 Å². The van der Waals surface area contributed by atoms with E-state index < -0.39 is 4.92 Å². The Kier molecular flexibility index (Phi) is 4.34. The third-order valence-corrected chi connectivity index (χ3v) is 3.49. The first-order chi connectivity index (χ1) is 9.47. The molecule has 0 radical (unpaired) electrons. The quantitative estimate of drug-likeness (QED) is 0.670. The summed E-state index contributed by atoms with van der Waals surface area (Å²) in [5, 5.41) is 14.0. The molecule has 5 nitrogen and oxygen atoms in total. The molecule has 6 heteroatoms. The summed E-state index contributed by atoms with van der Waals surface area (Å²) in [6, 6.07) is 9.71. The number of nitro groups is 1. The van der Waals surface area contributed by atoms with Crippen LogP contribution in [0.15, 0.2) is 41.0 Å². The van der Waals surface area contributed by atoms with Crippen LogP contribution < -0.4 is 5.32 Å². The van der Waals surface area contributed by atoms with Crippen LogP contribution in [0.1, 0.15) is 24.1 Å². The monoisotopic (exact) mass is 335 g/mol. The Morgan fingerprint density at radius 2 is 2.15 bits per heavy atom. The van der Waals surface area contributed by atoms with Crippen LogP contribution in [0.3, 0.4) is 0 Å². The number of nitrogens with zero attached hydrogens (tertiary/aromatic N) is 2. The molecule has 0 saturated heterocycles. The van der Waals surface area contributed by atoms with Crippen molar-refractivity contribution in [2.45, 2.75) is 19.9 Å². The van der Waals surface area contributed by atoms with E-state index in [1.165, 1.54) is 6.20 Å². The molecule has 1 aromatic heterocycles. The normalized spacial score (nSPS) is 11.9. The number of aromatic nitrogens is 1. The van der Waals surface area contributed by atoms with Gasteiger partial charge in [0.25, 0.3) is 5.69 Å². The van der Waals surface area contributed by atoms with E-state index in [0.29, 0.717) is 11.4 Å². The third kappa shape index (κ3) is 3.33. The highest BCUT2D eigenvalue weighted by Gasteiger charge is 2.13.